The van der Waals surface area contributed by atoms with Crippen LogP contribution in [0.25, 0.3) is 0 Å². The minimum absolute atomic E-state index is 0.0363. The van der Waals surface area contributed by atoms with Gasteiger partial charge in [0.2, 0.25) is 0 Å². The van der Waals surface area contributed by atoms with Gasteiger partial charge < -0.3 is 5.11 Å². The number of aryl methyl sites for hydroxylation is 2. The summed E-state index contributed by atoms with van der Waals surface area (Å²) in [5.41, 5.74) is 0.838. The summed E-state index contributed by atoms with van der Waals surface area (Å²) in [5.74, 6) is 0.0363. The Hall–Kier alpha value is -1.07. The van der Waals surface area contributed by atoms with E-state index in [2.05, 4.69) is 0 Å². The predicted octanol–water partition coefficient (Wildman–Crippen LogP) is 1.51. The number of phenols is 1. The molecular weight excluding hydrogens is 204 g/mol. The molecule has 0 fully saturated rings. The van der Waals surface area contributed by atoms with Gasteiger partial charge in [-0.25, -0.2) is 0 Å². The molecular formula is C9H12O4S. The van der Waals surface area contributed by atoms with E-state index >= 15 is 0 Å². The van der Waals surface area contributed by atoms with Gasteiger partial charge in [-0.2, -0.15) is 8.42 Å². The second-order valence-corrected chi connectivity index (χ2v) is 4.46. The Kier molecular flexibility index (Phi) is 2.82. The van der Waals surface area contributed by atoms with E-state index in [1.807, 2.05) is 0 Å². The van der Waals surface area contributed by atoms with E-state index in [-0.39, 0.29) is 10.6 Å². The Morgan fingerprint density at radius 3 is 2.36 bits per heavy atom. The minimum atomic E-state index is -4.20. The Labute approximate surface area is 82.9 Å². The Bertz CT molecular complexity index is 448. The molecule has 0 unspecified atom stereocenters. The summed E-state index contributed by atoms with van der Waals surface area (Å²) >= 11 is 0. The highest BCUT2D eigenvalue weighted by atomic mass is 32.2. The first-order chi connectivity index (χ1) is 6.36. The third kappa shape index (κ3) is 2.05. The van der Waals surface area contributed by atoms with Gasteiger partial charge in [0.1, 0.15) is 5.75 Å². The second kappa shape index (κ2) is 3.59. The maximum atomic E-state index is 11.0. The fourth-order valence-corrected chi connectivity index (χ4v) is 2.09. The first kappa shape index (κ1) is 11.0. The van der Waals surface area contributed by atoms with Gasteiger partial charge in [-0.15, -0.1) is 0 Å². The smallest absolute Gasteiger partial charge is 0.294 e. The van der Waals surface area contributed by atoms with Crippen molar-refractivity contribution in [2.75, 3.05) is 0 Å². The van der Waals surface area contributed by atoms with Crippen molar-refractivity contribution in [2.24, 2.45) is 0 Å². The van der Waals surface area contributed by atoms with Crippen LogP contribution >= 0.6 is 0 Å². The van der Waals surface area contributed by atoms with Crippen LogP contribution in [0.4, 0.5) is 0 Å². The molecule has 1 rings (SSSR count). The lowest BCUT2D eigenvalue weighted by atomic mass is 10.1. The molecule has 0 aliphatic carbocycles. The van der Waals surface area contributed by atoms with Crippen LogP contribution in [0.5, 0.6) is 5.75 Å². The summed E-state index contributed by atoms with van der Waals surface area (Å²) in [4.78, 5) is -0.129. The first-order valence-corrected chi connectivity index (χ1v) is 5.60. The lowest BCUT2D eigenvalue weighted by Crippen LogP contribution is -2.03. The SMILES string of the molecule is CCc1cc(O)c(C)cc1S(=O)(=O)O. The zero-order chi connectivity index (χ0) is 10.9. The largest absolute Gasteiger partial charge is 0.508 e. The summed E-state index contributed by atoms with van der Waals surface area (Å²) in [6.45, 7) is 3.32. The van der Waals surface area contributed by atoms with E-state index in [9.17, 15) is 13.5 Å². The molecule has 0 heterocycles. The molecule has 2 N–H and O–H groups in total. The molecule has 0 radical (unpaired) electrons. The summed E-state index contributed by atoms with van der Waals surface area (Å²) in [6.07, 6.45) is 0.433. The summed E-state index contributed by atoms with van der Waals surface area (Å²) in [6, 6.07) is 2.63. The van der Waals surface area contributed by atoms with E-state index in [1.165, 1.54) is 12.1 Å². The minimum Gasteiger partial charge on any atom is -0.508 e. The second-order valence-electron chi connectivity index (χ2n) is 3.08. The van der Waals surface area contributed by atoms with Gasteiger partial charge in [-0.1, -0.05) is 6.92 Å². The number of aromatic hydroxyl groups is 1. The zero-order valence-electron chi connectivity index (χ0n) is 7.98. The third-order valence-corrected chi connectivity index (χ3v) is 2.97. The lowest BCUT2D eigenvalue weighted by Gasteiger charge is -2.07. The maximum absolute atomic E-state index is 11.0. The molecule has 0 amide bonds. The molecule has 78 valence electrons. The molecule has 0 aromatic heterocycles. The molecule has 0 atom stereocenters. The average molecular weight is 216 g/mol. The topological polar surface area (TPSA) is 74.6 Å². The first-order valence-electron chi connectivity index (χ1n) is 4.16. The monoisotopic (exact) mass is 216 g/mol. The molecule has 1 aromatic rings. The van der Waals surface area contributed by atoms with Crippen LogP contribution < -0.4 is 0 Å². The normalized spacial score (nSPS) is 11.6. The molecule has 5 heteroatoms. The number of phenolic OH excluding ortho intramolecular Hbond substituents is 1. The van der Waals surface area contributed by atoms with Crippen LogP contribution in [0, 0.1) is 6.92 Å². The van der Waals surface area contributed by atoms with Gasteiger partial charge in [-0.05, 0) is 36.6 Å². The maximum Gasteiger partial charge on any atom is 0.294 e. The molecule has 0 saturated heterocycles. The van der Waals surface area contributed by atoms with Gasteiger partial charge >= 0.3 is 0 Å². The van der Waals surface area contributed by atoms with Crippen molar-refractivity contribution in [1.29, 1.82) is 0 Å². The highest BCUT2D eigenvalue weighted by Gasteiger charge is 2.16. The fourth-order valence-electron chi connectivity index (χ4n) is 1.23. The Balaban J connectivity index is 3.51. The van der Waals surface area contributed by atoms with Crippen molar-refractivity contribution < 1.29 is 18.1 Å². The van der Waals surface area contributed by atoms with Crippen LogP contribution in [0.1, 0.15) is 18.1 Å². The van der Waals surface area contributed by atoms with Crippen LogP contribution in [0.3, 0.4) is 0 Å². The highest BCUT2D eigenvalue weighted by molar-refractivity contribution is 7.85. The average Bonchev–Trinajstić information content (AvgIpc) is 2.07. The van der Waals surface area contributed by atoms with E-state index in [4.69, 9.17) is 4.55 Å². The van der Waals surface area contributed by atoms with Crippen molar-refractivity contribution in [2.45, 2.75) is 25.2 Å². The summed E-state index contributed by atoms with van der Waals surface area (Å²) in [5, 5.41) is 9.34. The highest BCUT2D eigenvalue weighted by Crippen LogP contribution is 2.25. The molecule has 0 bridgehead atoms. The van der Waals surface area contributed by atoms with Gasteiger partial charge in [0, 0.05) is 0 Å². The molecule has 0 aliphatic heterocycles. The summed E-state index contributed by atoms with van der Waals surface area (Å²) < 4.78 is 30.8. The van der Waals surface area contributed by atoms with E-state index in [0.29, 0.717) is 17.5 Å². The molecule has 14 heavy (non-hydrogen) atoms. The fraction of sp³-hybridized carbons (Fsp3) is 0.333. The van der Waals surface area contributed by atoms with Crippen LogP contribution in [0.2, 0.25) is 0 Å². The molecule has 0 aliphatic rings. The van der Waals surface area contributed by atoms with Gasteiger partial charge in [0.25, 0.3) is 10.1 Å². The van der Waals surface area contributed by atoms with Crippen molar-refractivity contribution in [3.05, 3.63) is 23.3 Å². The molecule has 1 aromatic carbocycles. The molecule has 0 saturated carbocycles. The van der Waals surface area contributed by atoms with Gasteiger partial charge in [0.15, 0.2) is 0 Å². The molecule has 0 spiro atoms. The summed E-state index contributed by atoms with van der Waals surface area (Å²) in [7, 11) is -4.20. The standard InChI is InChI=1S/C9H12O4S/c1-3-7-5-8(10)6(2)4-9(7)14(11,12)13/h4-5,10H,3H2,1-2H3,(H,11,12,13). The van der Waals surface area contributed by atoms with E-state index in [1.54, 1.807) is 13.8 Å². The van der Waals surface area contributed by atoms with Crippen molar-refractivity contribution >= 4 is 10.1 Å². The number of hydrogen-bond acceptors (Lipinski definition) is 3. The predicted molar refractivity (Wildman–Crippen MR) is 52.0 cm³/mol. The van der Waals surface area contributed by atoms with Crippen LogP contribution in [-0.2, 0) is 16.5 Å². The Morgan fingerprint density at radius 1 is 1.36 bits per heavy atom. The van der Waals surface area contributed by atoms with Crippen LogP contribution in [0.15, 0.2) is 17.0 Å². The lowest BCUT2D eigenvalue weighted by molar-refractivity contribution is 0.467. The van der Waals surface area contributed by atoms with Gasteiger partial charge in [-0.3, -0.25) is 4.55 Å². The third-order valence-electron chi connectivity index (χ3n) is 2.04. The van der Waals surface area contributed by atoms with Crippen molar-refractivity contribution in [3.8, 4) is 5.75 Å². The number of benzene rings is 1. The zero-order valence-corrected chi connectivity index (χ0v) is 8.80. The van der Waals surface area contributed by atoms with Gasteiger partial charge in [0.05, 0.1) is 4.90 Å². The number of rotatable bonds is 2. The van der Waals surface area contributed by atoms with Crippen LogP contribution in [-0.4, -0.2) is 18.1 Å². The Morgan fingerprint density at radius 2 is 1.93 bits per heavy atom. The van der Waals surface area contributed by atoms with Crippen molar-refractivity contribution in [1.82, 2.24) is 0 Å². The molecule has 4 nitrogen and oxygen atoms in total. The van der Waals surface area contributed by atoms with E-state index < -0.39 is 10.1 Å². The van der Waals surface area contributed by atoms with E-state index in [0.717, 1.165) is 0 Å². The number of hydrogen-bond donors (Lipinski definition) is 2. The quantitative estimate of drug-likeness (QED) is 0.735. The van der Waals surface area contributed by atoms with Crippen molar-refractivity contribution in [3.63, 3.8) is 0 Å².